The Labute approximate surface area is 182 Å². The summed E-state index contributed by atoms with van der Waals surface area (Å²) in [6.45, 7) is 4.18. The molecule has 0 fully saturated rings. The van der Waals surface area contributed by atoms with Crippen molar-refractivity contribution in [3.63, 3.8) is 0 Å². The molecule has 31 heavy (non-hydrogen) atoms. The molecule has 0 amide bonds. The van der Waals surface area contributed by atoms with Gasteiger partial charge in [0.2, 0.25) is 0 Å². The van der Waals surface area contributed by atoms with E-state index in [1.54, 1.807) is 0 Å². The zero-order valence-electron chi connectivity index (χ0n) is 17.6. The van der Waals surface area contributed by atoms with Crippen molar-refractivity contribution < 1.29 is 0 Å². The van der Waals surface area contributed by atoms with Crippen molar-refractivity contribution >= 4 is 22.9 Å². The van der Waals surface area contributed by atoms with Gasteiger partial charge in [-0.15, -0.1) is 0 Å². The van der Waals surface area contributed by atoms with E-state index in [1.807, 2.05) is 18.3 Å². The number of benzene rings is 4. The summed E-state index contributed by atoms with van der Waals surface area (Å²) in [4.78, 5) is 13.1. The number of imidazole rings is 1. The lowest BCUT2D eigenvalue weighted by atomic mass is 9.98. The topological polar surface area (TPSA) is 41.0 Å². The quantitative estimate of drug-likeness (QED) is 0.316. The highest BCUT2D eigenvalue weighted by Crippen LogP contribution is 2.34. The van der Waals surface area contributed by atoms with Gasteiger partial charge in [-0.25, -0.2) is 4.98 Å². The molecule has 0 saturated carbocycles. The number of fused-ring (bicyclic) bond motifs is 1. The molecular weight excluding hydrogens is 378 g/mol. The van der Waals surface area contributed by atoms with Gasteiger partial charge in [-0.2, -0.15) is 0 Å². The van der Waals surface area contributed by atoms with Gasteiger partial charge in [0.25, 0.3) is 0 Å². The molecule has 0 bridgehead atoms. The van der Waals surface area contributed by atoms with Crippen molar-refractivity contribution in [2.45, 2.75) is 13.8 Å². The fourth-order valence-electron chi connectivity index (χ4n) is 4.04. The van der Waals surface area contributed by atoms with E-state index in [9.17, 15) is 0 Å². The molecule has 3 nitrogen and oxygen atoms in total. The molecule has 0 saturated heterocycles. The Hall–Kier alpha value is -3.98. The summed E-state index contributed by atoms with van der Waals surface area (Å²) in [5.41, 5.74) is 9.87. The van der Waals surface area contributed by atoms with Gasteiger partial charge in [0.05, 0.1) is 22.9 Å². The smallest absolute Gasteiger partial charge is 0.149 e. The number of aliphatic imine (C=N–C) groups is 1. The first-order valence-electron chi connectivity index (χ1n) is 10.4. The molecule has 0 spiro atoms. The van der Waals surface area contributed by atoms with Crippen molar-refractivity contribution in [3.8, 4) is 22.3 Å². The third-order valence-electron chi connectivity index (χ3n) is 5.38. The molecular formula is C28H23N3. The summed E-state index contributed by atoms with van der Waals surface area (Å²) in [5.74, 6) is 0.745. The van der Waals surface area contributed by atoms with Gasteiger partial charge in [-0.1, -0.05) is 78.9 Å². The summed E-state index contributed by atoms with van der Waals surface area (Å²) in [7, 11) is 0. The van der Waals surface area contributed by atoms with Crippen LogP contribution in [-0.2, 0) is 0 Å². The van der Waals surface area contributed by atoms with Gasteiger partial charge < -0.3 is 4.98 Å². The van der Waals surface area contributed by atoms with Crippen molar-refractivity contribution in [3.05, 3.63) is 108 Å². The SMILES string of the molecule is Cc1cc(C)cc(N=Cc2nc3c(-c4ccccc4)ccc(-c4ccccc4)c3[nH]2)c1. The number of hydrogen-bond donors (Lipinski definition) is 1. The number of nitrogens with zero attached hydrogens (tertiary/aromatic N) is 2. The average Bonchev–Trinajstić information content (AvgIpc) is 3.22. The Morgan fingerprint density at radius 1 is 0.710 bits per heavy atom. The van der Waals surface area contributed by atoms with Crippen LogP contribution in [0.1, 0.15) is 17.0 Å². The summed E-state index contributed by atoms with van der Waals surface area (Å²) >= 11 is 0. The maximum absolute atomic E-state index is 4.93. The first-order valence-corrected chi connectivity index (χ1v) is 10.4. The van der Waals surface area contributed by atoms with E-state index in [1.165, 1.54) is 11.1 Å². The van der Waals surface area contributed by atoms with Crippen molar-refractivity contribution in [2.75, 3.05) is 0 Å². The van der Waals surface area contributed by atoms with Gasteiger partial charge in [0.15, 0.2) is 0 Å². The Morgan fingerprint density at radius 2 is 1.29 bits per heavy atom. The predicted octanol–water partition coefficient (Wildman–Crippen LogP) is 7.26. The summed E-state index contributed by atoms with van der Waals surface area (Å²) in [6, 6.07) is 31.4. The predicted molar refractivity (Wildman–Crippen MR) is 130 cm³/mol. The second-order valence-corrected chi connectivity index (χ2v) is 7.84. The van der Waals surface area contributed by atoms with E-state index in [0.717, 1.165) is 44.8 Å². The Balaban J connectivity index is 1.66. The van der Waals surface area contributed by atoms with Crippen molar-refractivity contribution in [1.82, 2.24) is 9.97 Å². The minimum Gasteiger partial charge on any atom is -0.337 e. The molecule has 0 radical (unpaired) electrons. The number of hydrogen-bond acceptors (Lipinski definition) is 2. The zero-order chi connectivity index (χ0) is 21.2. The van der Waals surface area contributed by atoms with Crippen LogP contribution in [0.2, 0.25) is 0 Å². The van der Waals surface area contributed by atoms with E-state index in [-0.39, 0.29) is 0 Å². The van der Waals surface area contributed by atoms with Crippen LogP contribution in [0.25, 0.3) is 33.3 Å². The molecule has 4 aromatic carbocycles. The van der Waals surface area contributed by atoms with E-state index >= 15 is 0 Å². The fraction of sp³-hybridized carbons (Fsp3) is 0.0714. The van der Waals surface area contributed by atoms with Crippen LogP contribution in [0.3, 0.4) is 0 Å². The standard InChI is InChI=1S/C28H23N3/c1-19-15-20(2)17-23(16-19)29-18-26-30-27-24(21-9-5-3-6-10-21)13-14-25(28(27)31-26)22-11-7-4-8-12-22/h3-18H,1-2H3,(H,30,31). The first kappa shape index (κ1) is 19.0. The largest absolute Gasteiger partial charge is 0.337 e. The normalized spacial score (nSPS) is 11.4. The Kier molecular flexibility index (Phi) is 4.93. The maximum Gasteiger partial charge on any atom is 0.149 e. The number of nitrogens with one attached hydrogen (secondary N) is 1. The van der Waals surface area contributed by atoms with Crippen LogP contribution < -0.4 is 0 Å². The lowest BCUT2D eigenvalue weighted by molar-refractivity contribution is 1.29. The van der Waals surface area contributed by atoms with Crippen LogP contribution in [0.4, 0.5) is 5.69 Å². The van der Waals surface area contributed by atoms with Crippen LogP contribution in [-0.4, -0.2) is 16.2 Å². The molecule has 1 heterocycles. The van der Waals surface area contributed by atoms with Crippen molar-refractivity contribution in [2.24, 2.45) is 4.99 Å². The summed E-state index contributed by atoms with van der Waals surface area (Å²) < 4.78 is 0. The zero-order valence-corrected chi connectivity index (χ0v) is 17.6. The second-order valence-electron chi connectivity index (χ2n) is 7.84. The third-order valence-corrected chi connectivity index (χ3v) is 5.38. The minimum absolute atomic E-state index is 0.745. The molecule has 0 atom stereocenters. The molecule has 0 aliphatic rings. The number of H-pyrrole nitrogens is 1. The van der Waals surface area contributed by atoms with E-state index < -0.39 is 0 Å². The maximum atomic E-state index is 4.93. The highest BCUT2D eigenvalue weighted by molar-refractivity contribution is 6.02. The molecule has 0 aliphatic heterocycles. The minimum atomic E-state index is 0.745. The molecule has 150 valence electrons. The average molecular weight is 402 g/mol. The van der Waals surface area contributed by atoms with E-state index in [0.29, 0.717) is 0 Å². The molecule has 1 N–H and O–H groups in total. The molecule has 0 unspecified atom stereocenters. The van der Waals surface area contributed by atoms with Gasteiger partial charge in [0.1, 0.15) is 5.82 Å². The number of aromatic amines is 1. The van der Waals surface area contributed by atoms with Gasteiger partial charge in [-0.05, 0) is 48.2 Å². The third kappa shape index (κ3) is 3.90. The summed E-state index contributed by atoms with van der Waals surface area (Å²) in [6.07, 6.45) is 1.82. The molecule has 5 aromatic rings. The molecule has 0 aliphatic carbocycles. The van der Waals surface area contributed by atoms with Crippen LogP contribution in [0.5, 0.6) is 0 Å². The van der Waals surface area contributed by atoms with Gasteiger partial charge in [-0.3, -0.25) is 4.99 Å². The van der Waals surface area contributed by atoms with Crippen LogP contribution in [0, 0.1) is 13.8 Å². The lowest BCUT2D eigenvalue weighted by Gasteiger charge is -2.07. The highest BCUT2D eigenvalue weighted by Gasteiger charge is 2.13. The van der Waals surface area contributed by atoms with Crippen molar-refractivity contribution in [1.29, 1.82) is 0 Å². The Bertz CT molecular complexity index is 1280. The Morgan fingerprint density at radius 3 is 1.94 bits per heavy atom. The monoisotopic (exact) mass is 401 g/mol. The van der Waals surface area contributed by atoms with Crippen LogP contribution in [0.15, 0.2) is 96.0 Å². The number of aryl methyl sites for hydroxylation is 2. The van der Waals surface area contributed by atoms with E-state index in [4.69, 9.17) is 4.98 Å². The lowest BCUT2D eigenvalue weighted by Crippen LogP contribution is -1.85. The first-order chi connectivity index (χ1) is 15.2. The molecule has 3 heteroatoms. The highest BCUT2D eigenvalue weighted by atomic mass is 14.9. The second kappa shape index (κ2) is 8.04. The van der Waals surface area contributed by atoms with Gasteiger partial charge >= 0.3 is 0 Å². The van der Waals surface area contributed by atoms with Crippen LogP contribution >= 0.6 is 0 Å². The number of aromatic nitrogens is 2. The van der Waals surface area contributed by atoms with Gasteiger partial charge in [0, 0.05) is 11.1 Å². The summed E-state index contributed by atoms with van der Waals surface area (Å²) in [5, 5.41) is 0. The molecule has 1 aromatic heterocycles. The number of rotatable bonds is 4. The van der Waals surface area contributed by atoms with E-state index in [2.05, 4.69) is 103 Å². The molecule has 5 rings (SSSR count). The fourth-order valence-corrected chi connectivity index (χ4v) is 4.04.